The second kappa shape index (κ2) is 5.50. The molecule has 0 saturated carbocycles. The Kier molecular flexibility index (Phi) is 4.45. The Hall–Kier alpha value is -2.26. The van der Waals surface area contributed by atoms with Crippen molar-refractivity contribution in [1.82, 2.24) is 0 Å². The molecular formula is C13H14F3N3O3. The molecule has 1 rings (SSSR count). The molecule has 6 N–H and O–H groups in total. The van der Waals surface area contributed by atoms with Crippen LogP contribution >= 0.6 is 0 Å². The van der Waals surface area contributed by atoms with Crippen molar-refractivity contribution in [3.05, 3.63) is 35.9 Å². The lowest BCUT2D eigenvalue weighted by Gasteiger charge is -2.41. The summed E-state index contributed by atoms with van der Waals surface area (Å²) in [6.45, 7) is 0.641. The molecule has 0 aliphatic rings. The van der Waals surface area contributed by atoms with E-state index in [1.165, 1.54) is 18.2 Å². The molecule has 1 aromatic carbocycles. The number of hydrogen-bond donors (Lipinski definition) is 3. The number of carbonyl (C=O) groups excluding carboxylic acids is 3. The first-order chi connectivity index (χ1) is 9.90. The standard InChI is InChI=1S/C13H14F3N3O3/c1-7(20)12(18,19)11(10(17)22,13(14,15)16)9(21)8-5-3-2-4-6-8/h2-6H,18-19H2,1H3,(H2,17,22). The maximum atomic E-state index is 13.6. The third kappa shape index (κ3) is 2.38. The van der Waals surface area contributed by atoms with Crippen LogP contribution in [0.1, 0.15) is 17.3 Å². The lowest BCUT2D eigenvalue weighted by molar-refractivity contribution is -0.220. The quantitative estimate of drug-likeness (QED) is 0.403. The van der Waals surface area contributed by atoms with E-state index in [1.807, 2.05) is 0 Å². The van der Waals surface area contributed by atoms with E-state index in [4.69, 9.17) is 17.2 Å². The number of alkyl halides is 3. The Morgan fingerprint density at radius 3 is 1.77 bits per heavy atom. The van der Waals surface area contributed by atoms with Gasteiger partial charge >= 0.3 is 6.18 Å². The number of benzene rings is 1. The molecule has 0 fully saturated rings. The van der Waals surface area contributed by atoms with Crippen LogP contribution in [-0.2, 0) is 9.59 Å². The molecule has 0 spiro atoms. The van der Waals surface area contributed by atoms with Crippen molar-refractivity contribution in [2.75, 3.05) is 0 Å². The van der Waals surface area contributed by atoms with Gasteiger partial charge in [0.1, 0.15) is 0 Å². The SMILES string of the molecule is CC(=O)C(N)(N)C(C(N)=O)(C(=O)c1ccccc1)C(F)(F)F. The molecule has 120 valence electrons. The van der Waals surface area contributed by atoms with Crippen LogP contribution in [0.5, 0.6) is 0 Å². The third-order valence-corrected chi connectivity index (χ3v) is 3.37. The minimum atomic E-state index is -5.57. The number of hydrogen-bond acceptors (Lipinski definition) is 5. The highest BCUT2D eigenvalue weighted by Gasteiger charge is 2.74. The van der Waals surface area contributed by atoms with Crippen molar-refractivity contribution in [2.45, 2.75) is 18.8 Å². The van der Waals surface area contributed by atoms with Crippen molar-refractivity contribution in [2.24, 2.45) is 22.6 Å². The molecule has 0 aromatic heterocycles. The summed E-state index contributed by atoms with van der Waals surface area (Å²) in [5, 5.41) is 0. The molecule has 6 nitrogen and oxygen atoms in total. The van der Waals surface area contributed by atoms with E-state index in [1.54, 1.807) is 0 Å². The molecule has 0 radical (unpaired) electrons. The second-order valence-corrected chi connectivity index (χ2v) is 4.73. The molecule has 0 heterocycles. The number of halogens is 3. The van der Waals surface area contributed by atoms with Gasteiger partial charge in [-0.05, 0) is 6.92 Å². The first kappa shape index (κ1) is 17.8. The smallest absolute Gasteiger partial charge is 0.368 e. The second-order valence-electron chi connectivity index (χ2n) is 4.73. The van der Waals surface area contributed by atoms with Crippen LogP contribution in [0.25, 0.3) is 0 Å². The molecule has 0 aliphatic carbocycles. The van der Waals surface area contributed by atoms with Crippen molar-refractivity contribution in [3.63, 3.8) is 0 Å². The minimum absolute atomic E-state index is 0.500. The highest BCUT2D eigenvalue weighted by Crippen LogP contribution is 2.46. The zero-order chi connectivity index (χ0) is 17.3. The van der Waals surface area contributed by atoms with Gasteiger partial charge in [-0.25, -0.2) is 0 Å². The Bertz CT molecular complexity index is 614. The van der Waals surface area contributed by atoms with Gasteiger partial charge in [0.15, 0.2) is 17.2 Å². The van der Waals surface area contributed by atoms with Gasteiger partial charge in [0.25, 0.3) is 0 Å². The van der Waals surface area contributed by atoms with Crippen LogP contribution in [0.3, 0.4) is 0 Å². The molecule has 22 heavy (non-hydrogen) atoms. The summed E-state index contributed by atoms with van der Waals surface area (Å²) in [6.07, 6.45) is -5.57. The highest BCUT2D eigenvalue weighted by atomic mass is 19.4. The predicted octanol–water partition coefficient (Wildman–Crippen LogP) is 0.106. The lowest BCUT2D eigenvalue weighted by Crippen LogP contribution is -2.78. The van der Waals surface area contributed by atoms with Gasteiger partial charge in [-0.3, -0.25) is 14.4 Å². The van der Waals surface area contributed by atoms with E-state index in [2.05, 4.69) is 0 Å². The Balaban J connectivity index is 3.78. The van der Waals surface area contributed by atoms with Crippen LogP contribution in [0.2, 0.25) is 0 Å². The predicted molar refractivity (Wildman–Crippen MR) is 70.2 cm³/mol. The highest BCUT2D eigenvalue weighted by molar-refractivity contribution is 6.18. The van der Waals surface area contributed by atoms with Crippen LogP contribution in [0.4, 0.5) is 13.2 Å². The summed E-state index contributed by atoms with van der Waals surface area (Å²) in [4.78, 5) is 35.5. The molecule has 0 saturated heterocycles. The minimum Gasteiger partial charge on any atom is -0.368 e. The summed E-state index contributed by atoms with van der Waals surface area (Å²) in [5.74, 6) is -5.34. The zero-order valence-electron chi connectivity index (χ0n) is 11.5. The number of primary amides is 1. The van der Waals surface area contributed by atoms with Crippen LogP contribution < -0.4 is 17.2 Å². The van der Waals surface area contributed by atoms with Gasteiger partial charge in [-0.2, -0.15) is 13.2 Å². The largest absolute Gasteiger partial charge is 0.414 e. The Labute approximate surface area is 123 Å². The summed E-state index contributed by atoms with van der Waals surface area (Å²) in [6, 6.07) is 6.05. The van der Waals surface area contributed by atoms with Crippen LogP contribution in [0, 0.1) is 5.41 Å². The van der Waals surface area contributed by atoms with Gasteiger partial charge in [0.2, 0.25) is 11.3 Å². The van der Waals surface area contributed by atoms with E-state index >= 15 is 0 Å². The normalized spacial score (nSPS) is 15.0. The molecule has 0 aliphatic heterocycles. The molecule has 1 atom stereocenters. The van der Waals surface area contributed by atoms with Gasteiger partial charge in [-0.15, -0.1) is 0 Å². The lowest BCUT2D eigenvalue weighted by atomic mass is 9.67. The number of rotatable bonds is 5. The fraction of sp³-hybridized carbons (Fsp3) is 0.308. The van der Waals surface area contributed by atoms with Gasteiger partial charge in [0.05, 0.1) is 0 Å². The van der Waals surface area contributed by atoms with Crippen molar-refractivity contribution in [3.8, 4) is 0 Å². The number of amides is 1. The van der Waals surface area contributed by atoms with E-state index in [0.29, 0.717) is 6.92 Å². The average Bonchev–Trinajstić information content (AvgIpc) is 2.37. The maximum absolute atomic E-state index is 13.6. The van der Waals surface area contributed by atoms with E-state index < -0.39 is 40.3 Å². The first-order valence-electron chi connectivity index (χ1n) is 5.96. The van der Waals surface area contributed by atoms with Crippen LogP contribution in [0.15, 0.2) is 30.3 Å². The molecule has 1 unspecified atom stereocenters. The number of carbonyl (C=O) groups is 3. The average molecular weight is 317 g/mol. The monoisotopic (exact) mass is 317 g/mol. The van der Waals surface area contributed by atoms with E-state index in [0.717, 1.165) is 12.1 Å². The van der Waals surface area contributed by atoms with Gasteiger partial charge in [0, 0.05) is 5.56 Å². The molecule has 0 bridgehead atoms. The van der Waals surface area contributed by atoms with Crippen molar-refractivity contribution >= 4 is 17.5 Å². The molecule has 1 amide bonds. The summed E-state index contributed by atoms with van der Waals surface area (Å²) < 4.78 is 40.8. The maximum Gasteiger partial charge on any atom is 0.414 e. The number of Topliss-reactive ketones (excluding diaryl/α,β-unsaturated/α-hetero) is 2. The topological polar surface area (TPSA) is 129 Å². The van der Waals surface area contributed by atoms with Crippen molar-refractivity contribution < 1.29 is 27.6 Å². The van der Waals surface area contributed by atoms with Gasteiger partial charge < -0.3 is 17.2 Å². The Morgan fingerprint density at radius 2 is 1.45 bits per heavy atom. The van der Waals surface area contributed by atoms with Crippen molar-refractivity contribution in [1.29, 1.82) is 0 Å². The zero-order valence-corrected chi connectivity index (χ0v) is 11.5. The van der Waals surface area contributed by atoms with E-state index in [-0.39, 0.29) is 0 Å². The fourth-order valence-electron chi connectivity index (χ4n) is 2.08. The van der Waals surface area contributed by atoms with E-state index in [9.17, 15) is 27.6 Å². The number of ketones is 2. The molecular weight excluding hydrogens is 303 g/mol. The van der Waals surface area contributed by atoms with Crippen LogP contribution in [-0.4, -0.2) is 29.3 Å². The van der Waals surface area contributed by atoms with Gasteiger partial charge in [-0.1, -0.05) is 30.3 Å². The summed E-state index contributed by atoms with van der Waals surface area (Å²) in [7, 11) is 0. The molecule has 1 aromatic rings. The summed E-state index contributed by atoms with van der Waals surface area (Å²) in [5.41, 5.74) is 7.41. The first-order valence-corrected chi connectivity index (χ1v) is 5.96. The number of nitrogens with two attached hydrogens (primary N) is 3. The Morgan fingerprint density at radius 1 is 1.00 bits per heavy atom. The molecule has 9 heteroatoms. The fourth-order valence-corrected chi connectivity index (χ4v) is 2.08. The summed E-state index contributed by atoms with van der Waals surface area (Å²) >= 11 is 0. The third-order valence-electron chi connectivity index (χ3n) is 3.37.